The number of hydrogen-bond acceptors (Lipinski definition) is 3. The maximum atomic E-state index is 12.6. The van der Waals surface area contributed by atoms with Crippen molar-refractivity contribution in [1.29, 1.82) is 5.26 Å². The molecule has 4 heterocycles. The van der Waals surface area contributed by atoms with E-state index in [4.69, 9.17) is 2.74 Å². The molecule has 15 aromatic rings. The molecular formula is C103H98BN5. The topological polar surface area (TPSA) is 40.1 Å². The average Bonchev–Trinajstić information content (AvgIpc) is 0.781. The summed E-state index contributed by atoms with van der Waals surface area (Å²) in [5.74, 6) is 0. The summed E-state index contributed by atoms with van der Waals surface area (Å²) in [5.41, 5.74) is 25.0. The van der Waals surface area contributed by atoms with Crippen LogP contribution in [0.3, 0.4) is 0 Å². The van der Waals surface area contributed by atoms with Gasteiger partial charge in [-0.1, -0.05) is 306 Å². The Balaban J connectivity index is 1.07. The molecule has 0 unspecified atom stereocenters. The van der Waals surface area contributed by atoms with E-state index >= 15 is 0 Å². The molecule has 0 aliphatic carbocycles. The van der Waals surface area contributed by atoms with Gasteiger partial charge in [0, 0.05) is 55.7 Å². The molecule has 0 spiro atoms. The maximum absolute atomic E-state index is 12.6. The van der Waals surface area contributed by atoms with Crippen molar-refractivity contribution in [3.8, 4) is 62.0 Å². The highest BCUT2D eigenvalue weighted by Gasteiger charge is 2.45. The van der Waals surface area contributed by atoms with Gasteiger partial charge in [-0.3, -0.25) is 0 Å². The summed E-state index contributed by atoms with van der Waals surface area (Å²) < 4.78 is 79.5. The molecule has 6 heteroatoms. The molecule has 0 atom stereocenters. The Morgan fingerprint density at radius 3 is 1.17 bits per heavy atom. The van der Waals surface area contributed by atoms with Gasteiger partial charge in [0.2, 0.25) is 0 Å². The minimum atomic E-state index is -0.560. The molecule has 2 aliphatic rings. The number of rotatable bonds is 8. The van der Waals surface area contributed by atoms with Crippen molar-refractivity contribution in [2.45, 2.75) is 157 Å². The van der Waals surface area contributed by atoms with Crippen molar-refractivity contribution in [3.05, 3.63) is 306 Å². The second-order valence-electron chi connectivity index (χ2n) is 36.5. The van der Waals surface area contributed by atoms with Crippen LogP contribution in [0.1, 0.15) is 175 Å². The molecular weight excluding hydrogens is 1320 g/mol. The van der Waals surface area contributed by atoms with Gasteiger partial charge in [0.15, 0.2) is 0 Å². The van der Waals surface area contributed by atoms with Crippen molar-refractivity contribution in [1.82, 2.24) is 9.13 Å². The Labute approximate surface area is 657 Å². The van der Waals surface area contributed by atoms with Crippen molar-refractivity contribution in [2.24, 2.45) is 0 Å². The molecule has 13 aromatic carbocycles. The number of fused-ring (bicyclic) bond motifs is 10. The normalized spacial score (nSPS) is 14.4. The predicted molar refractivity (Wildman–Crippen MR) is 468 cm³/mol. The van der Waals surface area contributed by atoms with E-state index in [0.717, 1.165) is 105 Å². The van der Waals surface area contributed by atoms with E-state index < -0.39 is 55.1 Å². The molecule has 0 saturated carbocycles. The zero-order chi connectivity index (χ0) is 83.3. The van der Waals surface area contributed by atoms with E-state index in [-0.39, 0.29) is 54.3 Å². The van der Waals surface area contributed by atoms with E-state index in [1.807, 2.05) is 54.6 Å². The average molecular weight is 1420 g/mol. The first-order chi connectivity index (χ1) is 55.1. The summed E-state index contributed by atoms with van der Waals surface area (Å²) >= 11 is 0. The minimum absolute atomic E-state index is 0.00272. The van der Waals surface area contributed by atoms with Crippen molar-refractivity contribution < 1.29 is 11.0 Å². The van der Waals surface area contributed by atoms with E-state index in [9.17, 15) is 13.5 Å². The van der Waals surface area contributed by atoms with Crippen LogP contribution < -0.4 is 26.2 Å². The van der Waals surface area contributed by atoms with Crippen LogP contribution in [-0.4, -0.2) is 15.8 Å². The van der Waals surface area contributed by atoms with Crippen LogP contribution in [0, 0.1) is 11.3 Å². The number of hydrogen-bond donors (Lipinski definition) is 0. The lowest BCUT2D eigenvalue weighted by Gasteiger charge is -2.45. The largest absolute Gasteiger partial charge is 0.311 e. The standard InChI is InChI=1S/C103H98BN5/c1-98(2,3)72-48-68(49-73(59-72)99(4,5)6)65-43-45-85-93(56-65)107(79-54-66(64-31-20-19-21-32-64)47-67(55-79)69-50-74(100(7,8)9)60-75(51-69)101(10,11)12)95-57-71(70-52-76(102(13,14)15)61-77(53-70)103(16,17)18)58-96-97(95)104(85)86-46-44-78(106-87-37-26-22-33-80(87)81-34-23-27-38-88(81)106)62-94(86)109(96)92-42-30-41-91(84(92)63-105)108-89-39-28-24-35-82(89)83-36-25-29-40-90(83)108/h19-62H,1-18H3/i22D,23D,26D,27D,33D,34D,37D,38D. The molecule has 2 aromatic heterocycles. The van der Waals surface area contributed by atoms with E-state index in [1.165, 1.54) is 33.4 Å². The van der Waals surface area contributed by atoms with Gasteiger partial charge >= 0.3 is 0 Å². The zero-order valence-electron chi connectivity index (χ0n) is 74.1. The fraction of sp³-hybridized carbons (Fsp3) is 0.233. The lowest BCUT2D eigenvalue weighted by Crippen LogP contribution is -2.61. The molecule has 17 rings (SSSR count). The summed E-state index contributed by atoms with van der Waals surface area (Å²) in [6, 6.07) is 78.8. The highest BCUT2D eigenvalue weighted by molar-refractivity contribution is 7.00. The molecule has 2 aliphatic heterocycles. The number of benzene rings is 13. The number of nitrogens with zero attached hydrogens (tertiary/aromatic N) is 5. The fourth-order valence-corrected chi connectivity index (χ4v) is 16.6. The van der Waals surface area contributed by atoms with Crippen LogP contribution in [0.4, 0.5) is 34.1 Å². The second-order valence-corrected chi connectivity index (χ2v) is 36.5. The second kappa shape index (κ2) is 25.4. The molecule has 0 amide bonds. The summed E-state index contributed by atoms with van der Waals surface area (Å²) in [4.78, 5) is 4.77. The first kappa shape index (κ1) is 61.6. The quantitative estimate of drug-likeness (QED) is 0.142. The fourth-order valence-electron chi connectivity index (χ4n) is 16.6. The predicted octanol–water partition coefficient (Wildman–Crippen LogP) is 26.3. The van der Waals surface area contributed by atoms with Crippen LogP contribution in [0.25, 0.3) is 99.5 Å². The molecule has 0 N–H and O–H groups in total. The monoisotopic (exact) mass is 1420 g/mol. The van der Waals surface area contributed by atoms with Crippen LogP contribution in [0.2, 0.25) is 0 Å². The Morgan fingerprint density at radius 1 is 0.284 bits per heavy atom. The number of aromatic nitrogens is 2. The molecule has 5 nitrogen and oxygen atoms in total. The summed E-state index contributed by atoms with van der Waals surface area (Å²) in [7, 11) is 0. The Kier molecular flexibility index (Phi) is 14.3. The van der Waals surface area contributed by atoms with Gasteiger partial charge in [0.1, 0.15) is 11.6 Å². The molecule has 109 heavy (non-hydrogen) atoms. The lowest BCUT2D eigenvalue weighted by atomic mass is 9.33. The molecule has 0 bridgehead atoms. The van der Waals surface area contributed by atoms with Crippen molar-refractivity contribution in [3.63, 3.8) is 0 Å². The van der Waals surface area contributed by atoms with Gasteiger partial charge < -0.3 is 18.9 Å². The van der Waals surface area contributed by atoms with Crippen LogP contribution >= 0.6 is 0 Å². The lowest BCUT2D eigenvalue weighted by molar-refractivity contribution is 0.568. The van der Waals surface area contributed by atoms with Gasteiger partial charge in [-0.15, -0.1) is 0 Å². The van der Waals surface area contributed by atoms with E-state index in [1.54, 1.807) is 4.57 Å². The first-order valence-electron chi connectivity index (χ1n) is 42.4. The van der Waals surface area contributed by atoms with Gasteiger partial charge in [-0.05, 0) is 212 Å². The van der Waals surface area contributed by atoms with Gasteiger partial charge in [0.25, 0.3) is 6.71 Å². The van der Waals surface area contributed by atoms with Crippen LogP contribution in [0.15, 0.2) is 267 Å². The molecule has 0 radical (unpaired) electrons. The maximum Gasteiger partial charge on any atom is 0.252 e. The third-order valence-electron chi connectivity index (χ3n) is 22.8. The van der Waals surface area contributed by atoms with Gasteiger partial charge in [0.05, 0.1) is 44.4 Å². The smallest absolute Gasteiger partial charge is 0.252 e. The Morgan fingerprint density at radius 2 is 0.679 bits per heavy atom. The van der Waals surface area contributed by atoms with Crippen molar-refractivity contribution >= 4 is 101 Å². The molecule has 0 saturated heterocycles. The first-order valence-corrected chi connectivity index (χ1v) is 38.4. The van der Waals surface area contributed by atoms with Crippen molar-refractivity contribution in [2.75, 3.05) is 9.80 Å². The summed E-state index contributed by atoms with van der Waals surface area (Å²) in [6.07, 6.45) is 0. The van der Waals surface area contributed by atoms with Crippen LogP contribution in [-0.2, 0) is 32.5 Å². The SMILES string of the molecule is [2H]c1c([2H])c([2H])c2c(c1[2H])c1c([2H])c([2H])c([2H])c([2H])c1n2-c1ccc2c(c1)N(c1cccc(-n3c4ccccc4c4ccccc43)c1C#N)c1cc(-c3cc(C(C)(C)C)cc(C(C)(C)C)c3)cc3c1B2c1ccc(-c2cc(C(C)(C)C)cc(C(C)(C)C)c2)cc1N3c1cc(-c2ccccc2)cc(-c2cc(C(C)(C)C)cc(C(C)(C)C)c2)c1. The van der Waals surface area contributed by atoms with Gasteiger partial charge in [-0.25, -0.2) is 0 Å². The Bertz CT molecular complexity index is 6550. The highest BCUT2D eigenvalue weighted by Crippen LogP contribution is 2.52. The third-order valence-corrected chi connectivity index (χ3v) is 22.8. The molecule has 538 valence electrons. The van der Waals surface area contributed by atoms with E-state index in [2.05, 4.69) is 309 Å². The van der Waals surface area contributed by atoms with Gasteiger partial charge in [-0.2, -0.15) is 5.26 Å². The highest BCUT2D eigenvalue weighted by atomic mass is 15.2. The summed E-state index contributed by atoms with van der Waals surface area (Å²) in [6.45, 7) is 40.6. The number of anilines is 6. The van der Waals surface area contributed by atoms with E-state index in [0.29, 0.717) is 28.3 Å². The minimum Gasteiger partial charge on any atom is -0.311 e. The number of para-hydroxylation sites is 4. The Hall–Kier alpha value is -11.4. The summed E-state index contributed by atoms with van der Waals surface area (Å²) in [5, 5.41) is 14.6. The zero-order valence-corrected chi connectivity index (χ0v) is 66.1. The van der Waals surface area contributed by atoms with Crippen LogP contribution in [0.5, 0.6) is 0 Å². The molecule has 0 fully saturated rings. The number of nitriles is 1. The third kappa shape index (κ3) is 12.2.